The van der Waals surface area contributed by atoms with Gasteiger partial charge >= 0.3 is 0 Å². The Morgan fingerprint density at radius 1 is 1.44 bits per heavy atom. The molecule has 0 radical (unpaired) electrons. The first-order valence-corrected chi connectivity index (χ1v) is 6.98. The Morgan fingerprint density at radius 2 is 2.22 bits per heavy atom. The Morgan fingerprint density at radius 3 is 2.83 bits per heavy atom. The second-order valence-corrected chi connectivity index (χ2v) is 5.76. The van der Waals surface area contributed by atoms with Crippen molar-refractivity contribution in [3.63, 3.8) is 0 Å². The number of nitrogens with zero attached hydrogens (tertiary/aromatic N) is 1. The normalized spacial score (nSPS) is 10.4. The molecule has 2 rings (SSSR count). The maximum Gasteiger partial charge on any atom is 0.254 e. The topological polar surface area (TPSA) is 20.3 Å². The number of hydrogen-bond donors (Lipinski definition) is 0. The fraction of sp³-hybridized carbons (Fsp3) is 0.154. The maximum absolute atomic E-state index is 13.4. The zero-order chi connectivity index (χ0) is 13.1. The fourth-order valence-electron chi connectivity index (χ4n) is 1.56. The van der Waals surface area contributed by atoms with Crippen molar-refractivity contribution in [3.05, 3.63) is 56.4 Å². The molecule has 0 unspecified atom stereocenters. The van der Waals surface area contributed by atoms with Gasteiger partial charge in [0.25, 0.3) is 5.91 Å². The molecule has 0 aliphatic rings. The van der Waals surface area contributed by atoms with Gasteiger partial charge in [0.05, 0.1) is 11.0 Å². The van der Waals surface area contributed by atoms with Gasteiger partial charge < -0.3 is 4.90 Å². The lowest BCUT2D eigenvalue weighted by atomic mass is 10.2. The minimum atomic E-state index is -0.426. The van der Waals surface area contributed by atoms with Crippen LogP contribution in [0, 0.1) is 5.82 Å². The van der Waals surface area contributed by atoms with Gasteiger partial charge in [0.15, 0.2) is 0 Å². The Labute approximate surface area is 117 Å². The molecule has 18 heavy (non-hydrogen) atoms. The van der Waals surface area contributed by atoms with Gasteiger partial charge in [-0.15, -0.1) is 11.3 Å². The number of hydrogen-bond acceptors (Lipinski definition) is 2. The van der Waals surface area contributed by atoms with Crippen LogP contribution < -0.4 is 0 Å². The van der Waals surface area contributed by atoms with E-state index in [2.05, 4.69) is 15.9 Å². The first-order valence-electron chi connectivity index (χ1n) is 5.31. The molecule has 1 aromatic carbocycles. The van der Waals surface area contributed by atoms with E-state index in [0.717, 1.165) is 4.88 Å². The number of benzene rings is 1. The van der Waals surface area contributed by atoms with Crippen molar-refractivity contribution in [3.8, 4) is 0 Å². The summed E-state index contributed by atoms with van der Waals surface area (Å²) in [7, 11) is 1.71. The third-order valence-electron chi connectivity index (χ3n) is 2.49. The summed E-state index contributed by atoms with van der Waals surface area (Å²) in [6, 6.07) is 8.31. The standard InChI is InChI=1S/C13H11BrFNOS/c1-16(8-10-3-2-6-18-10)13(17)9-4-5-11(14)12(15)7-9/h2-7H,8H2,1H3. The molecule has 1 aromatic heterocycles. The minimum Gasteiger partial charge on any atom is -0.337 e. The van der Waals surface area contributed by atoms with Gasteiger partial charge in [-0.3, -0.25) is 4.79 Å². The summed E-state index contributed by atoms with van der Waals surface area (Å²) in [6.45, 7) is 0.536. The molecule has 5 heteroatoms. The molecule has 94 valence electrons. The summed E-state index contributed by atoms with van der Waals surface area (Å²) in [5.41, 5.74) is 0.356. The van der Waals surface area contributed by atoms with E-state index in [1.807, 2.05) is 17.5 Å². The lowest BCUT2D eigenvalue weighted by Crippen LogP contribution is -2.25. The predicted molar refractivity (Wildman–Crippen MR) is 74.2 cm³/mol. The van der Waals surface area contributed by atoms with Crippen LogP contribution in [0.5, 0.6) is 0 Å². The summed E-state index contributed by atoms with van der Waals surface area (Å²) >= 11 is 4.66. The van der Waals surface area contributed by atoms with E-state index in [-0.39, 0.29) is 5.91 Å². The molecule has 0 atom stereocenters. The highest BCUT2D eigenvalue weighted by Crippen LogP contribution is 2.18. The number of carbonyl (C=O) groups is 1. The average molecular weight is 328 g/mol. The lowest BCUT2D eigenvalue weighted by molar-refractivity contribution is 0.0786. The molecule has 0 bridgehead atoms. The molecule has 0 aliphatic carbocycles. The summed E-state index contributed by atoms with van der Waals surface area (Å²) in [5, 5.41) is 1.97. The van der Waals surface area contributed by atoms with E-state index in [9.17, 15) is 9.18 Å². The van der Waals surface area contributed by atoms with Crippen molar-refractivity contribution in [2.24, 2.45) is 0 Å². The van der Waals surface area contributed by atoms with Crippen LogP contribution in [0.1, 0.15) is 15.2 Å². The van der Waals surface area contributed by atoms with Crippen LogP contribution in [0.25, 0.3) is 0 Å². The molecule has 0 fully saturated rings. The van der Waals surface area contributed by atoms with Crippen LogP contribution in [0.3, 0.4) is 0 Å². The second-order valence-electron chi connectivity index (χ2n) is 3.87. The Balaban J connectivity index is 2.12. The van der Waals surface area contributed by atoms with Crippen molar-refractivity contribution in [1.82, 2.24) is 4.90 Å². The monoisotopic (exact) mass is 327 g/mol. The van der Waals surface area contributed by atoms with Crippen LogP contribution in [-0.4, -0.2) is 17.9 Å². The highest BCUT2D eigenvalue weighted by Gasteiger charge is 2.14. The number of rotatable bonds is 3. The summed E-state index contributed by atoms with van der Waals surface area (Å²) < 4.78 is 13.7. The van der Waals surface area contributed by atoms with E-state index >= 15 is 0 Å². The van der Waals surface area contributed by atoms with Crippen LogP contribution in [0.2, 0.25) is 0 Å². The Bertz CT molecular complexity index is 556. The molecule has 0 spiro atoms. The summed E-state index contributed by atoms with van der Waals surface area (Å²) in [5.74, 6) is -0.611. The van der Waals surface area contributed by atoms with Gasteiger partial charge in [0.1, 0.15) is 5.82 Å². The molecule has 1 amide bonds. The third kappa shape index (κ3) is 2.97. The van der Waals surface area contributed by atoms with Gasteiger partial charge in [0, 0.05) is 17.5 Å². The van der Waals surface area contributed by atoms with Crippen molar-refractivity contribution in [2.75, 3.05) is 7.05 Å². The molecule has 2 aromatic rings. The van der Waals surface area contributed by atoms with Crippen LogP contribution in [-0.2, 0) is 6.54 Å². The van der Waals surface area contributed by atoms with Gasteiger partial charge in [-0.05, 0) is 45.6 Å². The average Bonchev–Trinajstić information content (AvgIpc) is 2.84. The van der Waals surface area contributed by atoms with E-state index in [0.29, 0.717) is 16.6 Å². The van der Waals surface area contributed by atoms with Gasteiger partial charge in [0.2, 0.25) is 0 Å². The fourth-order valence-corrected chi connectivity index (χ4v) is 2.56. The number of amides is 1. The first kappa shape index (κ1) is 13.2. The zero-order valence-corrected chi connectivity index (χ0v) is 12.1. The molecule has 0 aliphatic heterocycles. The van der Waals surface area contributed by atoms with Crippen LogP contribution in [0.15, 0.2) is 40.2 Å². The first-order chi connectivity index (χ1) is 8.58. The largest absolute Gasteiger partial charge is 0.337 e. The SMILES string of the molecule is CN(Cc1cccs1)C(=O)c1ccc(Br)c(F)c1. The summed E-state index contributed by atoms with van der Waals surface area (Å²) in [4.78, 5) is 14.8. The van der Waals surface area contributed by atoms with Crippen molar-refractivity contribution in [2.45, 2.75) is 6.54 Å². The Kier molecular flexibility index (Phi) is 4.14. The van der Waals surface area contributed by atoms with Crippen molar-refractivity contribution < 1.29 is 9.18 Å². The minimum absolute atomic E-state index is 0.185. The molecular weight excluding hydrogens is 317 g/mol. The predicted octanol–water partition coefficient (Wildman–Crippen LogP) is 3.92. The highest BCUT2D eigenvalue weighted by molar-refractivity contribution is 9.10. The highest BCUT2D eigenvalue weighted by atomic mass is 79.9. The molecular formula is C13H11BrFNOS. The zero-order valence-electron chi connectivity index (χ0n) is 9.69. The summed E-state index contributed by atoms with van der Waals surface area (Å²) in [6.07, 6.45) is 0. The Hall–Kier alpha value is -1.20. The lowest BCUT2D eigenvalue weighted by Gasteiger charge is -2.16. The van der Waals surface area contributed by atoms with Crippen molar-refractivity contribution >= 4 is 33.2 Å². The van der Waals surface area contributed by atoms with Crippen LogP contribution in [0.4, 0.5) is 4.39 Å². The number of carbonyl (C=O) groups excluding carboxylic acids is 1. The number of thiophene rings is 1. The van der Waals surface area contributed by atoms with E-state index in [1.165, 1.54) is 6.07 Å². The smallest absolute Gasteiger partial charge is 0.254 e. The van der Waals surface area contributed by atoms with Gasteiger partial charge in [-0.1, -0.05) is 6.07 Å². The van der Waals surface area contributed by atoms with E-state index < -0.39 is 5.82 Å². The van der Waals surface area contributed by atoms with Crippen molar-refractivity contribution in [1.29, 1.82) is 0 Å². The van der Waals surface area contributed by atoms with Gasteiger partial charge in [-0.2, -0.15) is 0 Å². The second kappa shape index (κ2) is 5.63. The third-order valence-corrected chi connectivity index (χ3v) is 3.99. The molecule has 0 saturated heterocycles. The van der Waals surface area contributed by atoms with E-state index in [4.69, 9.17) is 0 Å². The van der Waals surface area contributed by atoms with Gasteiger partial charge in [-0.25, -0.2) is 4.39 Å². The molecule has 0 saturated carbocycles. The van der Waals surface area contributed by atoms with Crippen LogP contribution >= 0.6 is 27.3 Å². The molecule has 1 heterocycles. The quantitative estimate of drug-likeness (QED) is 0.836. The maximum atomic E-state index is 13.4. The molecule has 2 nitrogen and oxygen atoms in total. The van der Waals surface area contributed by atoms with E-state index in [1.54, 1.807) is 35.4 Å². The molecule has 0 N–H and O–H groups in total. The number of halogens is 2.